The molecule has 1 saturated heterocycles. The van der Waals surface area contributed by atoms with Crippen molar-refractivity contribution in [2.24, 2.45) is 0 Å². The SMILES string of the molecule is COc1ccc(OCC(=O)N2CCC(c3nc(-c4ccc(C)cc4)no3)CC2)cc1. The summed E-state index contributed by atoms with van der Waals surface area (Å²) in [6.45, 7) is 3.37. The predicted octanol–water partition coefficient (Wildman–Crippen LogP) is 3.84. The molecular formula is C23H25N3O4. The third kappa shape index (κ3) is 4.62. The van der Waals surface area contributed by atoms with E-state index in [0.29, 0.717) is 30.6 Å². The van der Waals surface area contributed by atoms with Crippen LogP contribution in [0.3, 0.4) is 0 Å². The highest BCUT2D eigenvalue weighted by Crippen LogP contribution is 2.28. The van der Waals surface area contributed by atoms with Crippen LogP contribution in [0.25, 0.3) is 11.4 Å². The van der Waals surface area contributed by atoms with Gasteiger partial charge in [-0.1, -0.05) is 35.0 Å². The first-order valence-corrected chi connectivity index (χ1v) is 10.1. The largest absolute Gasteiger partial charge is 0.497 e. The van der Waals surface area contributed by atoms with Gasteiger partial charge in [-0.3, -0.25) is 4.79 Å². The van der Waals surface area contributed by atoms with Crippen LogP contribution in [-0.2, 0) is 4.79 Å². The van der Waals surface area contributed by atoms with Crippen LogP contribution in [0.2, 0.25) is 0 Å². The van der Waals surface area contributed by atoms with Gasteiger partial charge >= 0.3 is 0 Å². The second-order valence-corrected chi connectivity index (χ2v) is 7.44. The zero-order chi connectivity index (χ0) is 20.9. The van der Waals surface area contributed by atoms with Crippen LogP contribution in [0.4, 0.5) is 0 Å². The van der Waals surface area contributed by atoms with Crippen molar-refractivity contribution in [3.8, 4) is 22.9 Å². The van der Waals surface area contributed by atoms with Crippen LogP contribution < -0.4 is 9.47 Å². The Kier molecular flexibility index (Phi) is 5.97. The van der Waals surface area contributed by atoms with Gasteiger partial charge in [-0.05, 0) is 44.0 Å². The molecule has 1 amide bonds. The smallest absolute Gasteiger partial charge is 0.260 e. The van der Waals surface area contributed by atoms with Crippen molar-refractivity contribution in [3.05, 3.63) is 60.0 Å². The molecule has 4 rings (SSSR count). The number of carbonyl (C=O) groups excluding carboxylic acids is 1. The van der Waals surface area contributed by atoms with Crippen molar-refractivity contribution in [2.45, 2.75) is 25.7 Å². The maximum absolute atomic E-state index is 12.5. The third-order valence-electron chi connectivity index (χ3n) is 5.37. The van der Waals surface area contributed by atoms with Crippen LogP contribution in [0, 0.1) is 6.92 Å². The second-order valence-electron chi connectivity index (χ2n) is 7.44. The van der Waals surface area contributed by atoms with E-state index in [2.05, 4.69) is 10.1 Å². The Labute approximate surface area is 175 Å². The standard InChI is InChI=1S/C23H25N3O4/c1-16-3-5-17(6-4-16)22-24-23(30-25-22)18-11-13-26(14-12-18)21(27)15-29-20-9-7-19(28-2)8-10-20/h3-10,18H,11-15H2,1-2H3. The number of aryl methyl sites for hydroxylation is 1. The topological polar surface area (TPSA) is 77.7 Å². The van der Waals surface area contributed by atoms with Gasteiger partial charge < -0.3 is 18.9 Å². The first-order chi connectivity index (χ1) is 14.6. The minimum absolute atomic E-state index is 0.0184. The maximum atomic E-state index is 12.5. The predicted molar refractivity (Wildman–Crippen MR) is 112 cm³/mol. The molecule has 1 aromatic heterocycles. The molecule has 0 unspecified atom stereocenters. The molecule has 1 fully saturated rings. The number of ether oxygens (including phenoxy) is 2. The minimum atomic E-state index is -0.0184. The Balaban J connectivity index is 1.28. The van der Waals surface area contributed by atoms with Gasteiger partial charge in [-0.2, -0.15) is 4.98 Å². The molecule has 30 heavy (non-hydrogen) atoms. The number of rotatable bonds is 6. The zero-order valence-electron chi connectivity index (χ0n) is 17.2. The van der Waals surface area contributed by atoms with E-state index in [-0.39, 0.29) is 18.4 Å². The van der Waals surface area contributed by atoms with Crippen molar-refractivity contribution < 1.29 is 18.8 Å². The average molecular weight is 407 g/mol. The van der Waals surface area contributed by atoms with Crippen LogP contribution in [0.15, 0.2) is 53.1 Å². The molecule has 0 saturated carbocycles. The Bertz CT molecular complexity index is 974. The number of carbonyl (C=O) groups is 1. The van der Waals surface area contributed by atoms with Crippen LogP contribution in [-0.4, -0.2) is 47.8 Å². The number of hydrogen-bond acceptors (Lipinski definition) is 6. The minimum Gasteiger partial charge on any atom is -0.497 e. The van der Waals surface area contributed by atoms with Crippen molar-refractivity contribution in [1.82, 2.24) is 15.0 Å². The maximum Gasteiger partial charge on any atom is 0.260 e. The number of likely N-dealkylation sites (tertiary alicyclic amines) is 1. The summed E-state index contributed by atoms with van der Waals surface area (Å²) >= 11 is 0. The number of aromatic nitrogens is 2. The van der Waals surface area contributed by atoms with E-state index < -0.39 is 0 Å². The summed E-state index contributed by atoms with van der Waals surface area (Å²) < 4.78 is 16.2. The molecule has 1 aliphatic rings. The second kappa shape index (κ2) is 8.98. The van der Waals surface area contributed by atoms with E-state index in [1.807, 2.05) is 36.1 Å². The van der Waals surface area contributed by atoms with Gasteiger partial charge in [0.25, 0.3) is 5.91 Å². The van der Waals surface area contributed by atoms with Crippen molar-refractivity contribution in [1.29, 1.82) is 0 Å². The first kappa shape index (κ1) is 19.9. The van der Waals surface area contributed by atoms with Crippen LogP contribution in [0.5, 0.6) is 11.5 Å². The van der Waals surface area contributed by atoms with Crippen LogP contribution >= 0.6 is 0 Å². The lowest BCUT2D eigenvalue weighted by atomic mass is 9.96. The fourth-order valence-electron chi connectivity index (χ4n) is 3.51. The molecule has 7 heteroatoms. The molecule has 0 atom stereocenters. The highest BCUT2D eigenvalue weighted by atomic mass is 16.5. The lowest BCUT2D eigenvalue weighted by Crippen LogP contribution is -2.40. The monoisotopic (exact) mass is 407 g/mol. The fourth-order valence-corrected chi connectivity index (χ4v) is 3.51. The van der Waals surface area contributed by atoms with E-state index in [1.54, 1.807) is 31.4 Å². The fraction of sp³-hybridized carbons (Fsp3) is 0.348. The Morgan fingerprint density at radius 3 is 2.40 bits per heavy atom. The van der Waals surface area contributed by atoms with E-state index in [1.165, 1.54) is 5.56 Å². The lowest BCUT2D eigenvalue weighted by Gasteiger charge is -2.30. The van der Waals surface area contributed by atoms with Gasteiger partial charge in [-0.15, -0.1) is 0 Å². The Morgan fingerprint density at radius 2 is 1.73 bits per heavy atom. The summed E-state index contributed by atoms with van der Waals surface area (Å²) in [7, 11) is 1.61. The third-order valence-corrected chi connectivity index (χ3v) is 5.37. The summed E-state index contributed by atoms with van der Waals surface area (Å²) in [5, 5.41) is 4.13. The number of nitrogens with zero attached hydrogens (tertiary/aromatic N) is 3. The summed E-state index contributed by atoms with van der Waals surface area (Å²) in [6, 6.07) is 15.2. The van der Waals surface area contributed by atoms with E-state index in [4.69, 9.17) is 14.0 Å². The number of amides is 1. The molecule has 7 nitrogen and oxygen atoms in total. The molecular weight excluding hydrogens is 382 g/mol. The molecule has 2 heterocycles. The first-order valence-electron chi connectivity index (χ1n) is 10.1. The molecule has 156 valence electrons. The summed E-state index contributed by atoms with van der Waals surface area (Å²) in [5.41, 5.74) is 2.13. The Hall–Kier alpha value is -3.35. The number of hydrogen-bond donors (Lipinski definition) is 0. The summed E-state index contributed by atoms with van der Waals surface area (Å²) in [6.07, 6.45) is 1.59. The Morgan fingerprint density at radius 1 is 1.07 bits per heavy atom. The highest BCUT2D eigenvalue weighted by molar-refractivity contribution is 5.77. The quantitative estimate of drug-likeness (QED) is 0.618. The highest BCUT2D eigenvalue weighted by Gasteiger charge is 2.27. The van der Waals surface area contributed by atoms with E-state index in [0.717, 1.165) is 24.2 Å². The number of methoxy groups -OCH3 is 1. The van der Waals surface area contributed by atoms with Gasteiger partial charge in [0.2, 0.25) is 11.7 Å². The van der Waals surface area contributed by atoms with Crippen molar-refractivity contribution in [2.75, 3.05) is 26.8 Å². The summed E-state index contributed by atoms with van der Waals surface area (Å²) in [5.74, 6) is 2.80. The van der Waals surface area contributed by atoms with Crippen molar-refractivity contribution >= 4 is 5.91 Å². The zero-order valence-corrected chi connectivity index (χ0v) is 17.2. The molecule has 0 aliphatic carbocycles. The van der Waals surface area contributed by atoms with Gasteiger partial charge in [0.15, 0.2) is 6.61 Å². The van der Waals surface area contributed by atoms with Gasteiger partial charge in [0.05, 0.1) is 7.11 Å². The summed E-state index contributed by atoms with van der Waals surface area (Å²) in [4.78, 5) is 18.9. The van der Waals surface area contributed by atoms with E-state index >= 15 is 0 Å². The average Bonchev–Trinajstić information content (AvgIpc) is 3.29. The molecule has 2 aromatic carbocycles. The van der Waals surface area contributed by atoms with Gasteiger partial charge in [0, 0.05) is 24.6 Å². The van der Waals surface area contributed by atoms with E-state index in [9.17, 15) is 4.79 Å². The molecule has 0 radical (unpaired) electrons. The normalized spacial score (nSPS) is 14.5. The number of benzene rings is 2. The van der Waals surface area contributed by atoms with Gasteiger partial charge in [0.1, 0.15) is 11.5 Å². The molecule has 0 bridgehead atoms. The molecule has 0 spiro atoms. The lowest BCUT2D eigenvalue weighted by molar-refractivity contribution is -0.134. The number of piperidine rings is 1. The molecule has 1 aliphatic heterocycles. The van der Waals surface area contributed by atoms with Crippen LogP contribution in [0.1, 0.15) is 30.2 Å². The van der Waals surface area contributed by atoms with Gasteiger partial charge in [-0.25, -0.2) is 0 Å². The van der Waals surface area contributed by atoms with Crippen molar-refractivity contribution in [3.63, 3.8) is 0 Å². The molecule has 0 N–H and O–H groups in total. The molecule has 3 aromatic rings.